The van der Waals surface area contributed by atoms with Crippen LogP contribution in [-0.4, -0.2) is 26.4 Å². The van der Waals surface area contributed by atoms with Gasteiger partial charge < -0.3 is 5.32 Å². The number of thioether (sulfide) groups is 1. The van der Waals surface area contributed by atoms with Crippen molar-refractivity contribution < 1.29 is 9.18 Å². The molecule has 3 rings (SSSR count). The first-order valence-corrected chi connectivity index (χ1v) is 8.70. The lowest BCUT2D eigenvalue weighted by Gasteiger charge is -2.10. The lowest BCUT2D eigenvalue weighted by molar-refractivity contribution is -0.113. The summed E-state index contributed by atoms with van der Waals surface area (Å²) in [5, 5.41) is 7.17. The fraction of sp³-hybridized carbons (Fsp3) is 0.167. The van der Waals surface area contributed by atoms with Crippen LogP contribution in [0.3, 0.4) is 0 Å². The van der Waals surface area contributed by atoms with Gasteiger partial charge in [0.1, 0.15) is 11.6 Å². The van der Waals surface area contributed by atoms with Crippen molar-refractivity contribution in [2.24, 2.45) is 0 Å². The number of nitrogens with zero attached hydrogens (tertiary/aromatic N) is 3. The van der Waals surface area contributed by atoms with Gasteiger partial charge >= 0.3 is 0 Å². The van der Waals surface area contributed by atoms with Crippen LogP contribution in [0.2, 0.25) is 0 Å². The first kappa shape index (κ1) is 17.2. The minimum atomic E-state index is -0.291. The number of aryl methyl sites for hydroxylation is 1. The topological polar surface area (TPSA) is 59.8 Å². The average Bonchev–Trinajstić information content (AvgIpc) is 2.94. The monoisotopic (exact) mass is 356 g/mol. The predicted molar refractivity (Wildman–Crippen MR) is 96.1 cm³/mol. The lowest BCUT2D eigenvalue weighted by atomic mass is 10.2. The van der Waals surface area contributed by atoms with Gasteiger partial charge in [0.25, 0.3) is 0 Å². The van der Waals surface area contributed by atoms with Gasteiger partial charge in [-0.15, -0.1) is 11.8 Å². The summed E-state index contributed by atoms with van der Waals surface area (Å²) in [7, 11) is 0. The van der Waals surface area contributed by atoms with Crippen LogP contribution in [0.4, 0.5) is 10.2 Å². The van der Waals surface area contributed by atoms with E-state index in [1.807, 2.05) is 25.1 Å². The minimum absolute atomic E-state index is 0.120. The van der Waals surface area contributed by atoms with Gasteiger partial charge in [-0.05, 0) is 36.8 Å². The number of nitrogens with one attached hydrogen (secondary N) is 1. The number of carbonyl (C=O) groups excluding carboxylic acids is 1. The summed E-state index contributed by atoms with van der Waals surface area (Å²) in [6.45, 7) is 2.26. The van der Waals surface area contributed by atoms with Gasteiger partial charge in [0, 0.05) is 22.9 Å². The van der Waals surface area contributed by atoms with Crippen molar-refractivity contribution in [2.45, 2.75) is 18.4 Å². The summed E-state index contributed by atoms with van der Waals surface area (Å²) >= 11 is 1.44. The largest absolute Gasteiger partial charge is 0.310 e. The molecule has 0 aliphatic carbocycles. The maximum absolute atomic E-state index is 13.3. The van der Waals surface area contributed by atoms with E-state index in [-0.39, 0.29) is 17.5 Å². The van der Waals surface area contributed by atoms with E-state index < -0.39 is 0 Å². The van der Waals surface area contributed by atoms with Crippen LogP contribution in [0.15, 0.2) is 59.9 Å². The Bertz CT molecular complexity index is 867. The third-order valence-electron chi connectivity index (χ3n) is 3.52. The molecule has 25 heavy (non-hydrogen) atoms. The molecule has 5 nitrogen and oxygen atoms in total. The highest BCUT2D eigenvalue weighted by atomic mass is 32.2. The Labute approximate surface area is 149 Å². The molecule has 0 radical (unpaired) electrons. The Hall–Kier alpha value is -2.67. The number of halogens is 1. The fourth-order valence-corrected chi connectivity index (χ4v) is 3.01. The number of anilines is 1. The molecule has 2 heterocycles. The van der Waals surface area contributed by atoms with Crippen LogP contribution < -0.4 is 5.32 Å². The number of pyridine rings is 1. The maximum atomic E-state index is 13.3. The highest BCUT2D eigenvalue weighted by Crippen LogP contribution is 2.19. The first-order valence-electron chi connectivity index (χ1n) is 7.71. The maximum Gasteiger partial charge on any atom is 0.235 e. The minimum Gasteiger partial charge on any atom is -0.310 e. The Morgan fingerprint density at radius 2 is 2.08 bits per heavy atom. The van der Waals surface area contributed by atoms with Crippen molar-refractivity contribution in [3.8, 4) is 0 Å². The number of carbonyl (C=O) groups is 1. The normalized spacial score (nSPS) is 10.6. The summed E-state index contributed by atoms with van der Waals surface area (Å²) in [5.41, 5.74) is 1.64. The zero-order valence-electron chi connectivity index (χ0n) is 13.6. The van der Waals surface area contributed by atoms with Gasteiger partial charge in [-0.3, -0.25) is 9.78 Å². The molecule has 0 unspecified atom stereocenters. The molecule has 1 aromatic carbocycles. The standard InChI is InChI=1S/C18H17FN4OS/c1-13-10-21-23(11-14-3-2-4-15(19)9-14)18(13)22-17(24)12-25-16-5-7-20-8-6-16/h2-10H,11-12H2,1H3,(H,22,24). The van der Waals surface area contributed by atoms with Crippen molar-refractivity contribution in [3.63, 3.8) is 0 Å². The molecule has 0 fully saturated rings. The number of hydrogen-bond donors (Lipinski definition) is 1. The summed E-state index contributed by atoms with van der Waals surface area (Å²) in [6, 6.07) is 10.1. The summed E-state index contributed by atoms with van der Waals surface area (Å²) in [4.78, 5) is 17.2. The molecule has 1 N–H and O–H groups in total. The molecule has 0 saturated carbocycles. The van der Waals surface area contributed by atoms with E-state index in [1.165, 1.54) is 23.9 Å². The summed E-state index contributed by atoms with van der Waals surface area (Å²) in [6.07, 6.45) is 5.07. The van der Waals surface area contributed by atoms with Crippen LogP contribution in [0.1, 0.15) is 11.1 Å². The van der Waals surface area contributed by atoms with Gasteiger partial charge in [0.2, 0.25) is 5.91 Å². The lowest BCUT2D eigenvalue weighted by Crippen LogP contribution is -2.18. The van der Waals surface area contributed by atoms with Crippen LogP contribution in [-0.2, 0) is 11.3 Å². The van der Waals surface area contributed by atoms with E-state index in [4.69, 9.17) is 0 Å². The van der Waals surface area contributed by atoms with E-state index in [0.717, 1.165) is 16.0 Å². The molecule has 1 amide bonds. The molecule has 0 spiro atoms. The fourth-order valence-electron chi connectivity index (χ4n) is 2.32. The van der Waals surface area contributed by atoms with Crippen LogP contribution >= 0.6 is 11.8 Å². The quantitative estimate of drug-likeness (QED) is 0.687. The molecule has 2 aromatic heterocycles. The molecule has 0 saturated heterocycles. The van der Waals surface area contributed by atoms with Crippen molar-refractivity contribution >= 4 is 23.5 Å². The number of amides is 1. The highest BCUT2D eigenvalue weighted by Gasteiger charge is 2.12. The van der Waals surface area contributed by atoms with Crippen LogP contribution in [0.25, 0.3) is 0 Å². The smallest absolute Gasteiger partial charge is 0.235 e. The predicted octanol–water partition coefficient (Wildman–Crippen LogP) is 3.50. The van der Waals surface area contributed by atoms with Crippen molar-refractivity contribution in [1.82, 2.24) is 14.8 Å². The summed E-state index contributed by atoms with van der Waals surface area (Å²) in [5.74, 6) is 0.505. The first-order chi connectivity index (χ1) is 12.1. The van der Waals surface area contributed by atoms with Gasteiger partial charge in [0.05, 0.1) is 18.5 Å². The third kappa shape index (κ3) is 4.67. The molecule has 128 valence electrons. The Morgan fingerprint density at radius 3 is 2.84 bits per heavy atom. The SMILES string of the molecule is Cc1cnn(Cc2cccc(F)c2)c1NC(=O)CSc1ccncc1. The Morgan fingerprint density at radius 1 is 1.28 bits per heavy atom. The van der Waals surface area contributed by atoms with Gasteiger partial charge in [-0.1, -0.05) is 12.1 Å². The molecular formula is C18H17FN4OS. The van der Waals surface area contributed by atoms with Crippen molar-refractivity contribution in [3.05, 3.63) is 71.9 Å². The van der Waals surface area contributed by atoms with Gasteiger partial charge in [-0.2, -0.15) is 5.10 Å². The number of aromatic nitrogens is 3. The molecule has 3 aromatic rings. The van der Waals surface area contributed by atoms with Gasteiger partial charge in [0.15, 0.2) is 0 Å². The van der Waals surface area contributed by atoms with Crippen LogP contribution in [0, 0.1) is 12.7 Å². The molecular weight excluding hydrogens is 339 g/mol. The second-order valence-corrected chi connectivity index (χ2v) is 6.53. The number of benzene rings is 1. The third-order valence-corrected chi connectivity index (χ3v) is 4.53. The van der Waals surface area contributed by atoms with E-state index >= 15 is 0 Å². The molecule has 0 atom stereocenters. The molecule has 0 aliphatic rings. The molecule has 0 aliphatic heterocycles. The van der Waals surface area contributed by atoms with Gasteiger partial charge in [-0.25, -0.2) is 9.07 Å². The van der Waals surface area contributed by atoms with E-state index in [2.05, 4.69) is 15.4 Å². The molecule has 7 heteroatoms. The zero-order valence-corrected chi connectivity index (χ0v) is 14.5. The zero-order chi connectivity index (χ0) is 17.6. The Balaban J connectivity index is 1.66. The molecule has 0 bridgehead atoms. The van der Waals surface area contributed by atoms with E-state index in [1.54, 1.807) is 29.3 Å². The highest BCUT2D eigenvalue weighted by molar-refractivity contribution is 8.00. The Kier molecular flexibility index (Phi) is 5.45. The second-order valence-electron chi connectivity index (χ2n) is 5.48. The average molecular weight is 356 g/mol. The number of rotatable bonds is 6. The van der Waals surface area contributed by atoms with Crippen molar-refractivity contribution in [2.75, 3.05) is 11.1 Å². The van der Waals surface area contributed by atoms with Crippen LogP contribution in [0.5, 0.6) is 0 Å². The summed E-state index contributed by atoms with van der Waals surface area (Å²) < 4.78 is 15.0. The van der Waals surface area contributed by atoms with E-state index in [9.17, 15) is 9.18 Å². The van der Waals surface area contributed by atoms with Crippen molar-refractivity contribution in [1.29, 1.82) is 0 Å². The second kappa shape index (κ2) is 7.94. The number of hydrogen-bond acceptors (Lipinski definition) is 4. The van der Waals surface area contributed by atoms with E-state index in [0.29, 0.717) is 12.4 Å².